The predicted octanol–water partition coefficient (Wildman–Crippen LogP) is 4.47. The Kier molecular flexibility index (Phi) is 5.01. The lowest BCUT2D eigenvalue weighted by Crippen LogP contribution is -2.05. The molecule has 0 unspecified atom stereocenters. The number of carboxylic acid groups (broad SMARTS) is 1. The lowest BCUT2D eigenvalue weighted by Gasteiger charge is -2.09. The van der Waals surface area contributed by atoms with Gasteiger partial charge in [0.15, 0.2) is 0 Å². The molecule has 0 amide bonds. The van der Waals surface area contributed by atoms with E-state index in [0.717, 1.165) is 16.8 Å². The molecule has 2 N–H and O–H groups in total. The topological polar surface area (TPSA) is 49.3 Å². The third-order valence-corrected chi connectivity index (χ3v) is 3.41. The van der Waals surface area contributed by atoms with Crippen LogP contribution in [0.15, 0.2) is 48.5 Å². The number of benzene rings is 2. The van der Waals surface area contributed by atoms with E-state index in [1.54, 1.807) is 19.1 Å². The molecule has 0 aliphatic heterocycles. The minimum Gasteiger partial charge on any atom is -0.478 e. The minimum atomic E-state index is -0.909. The van der Waals surface area contributed by atoms with Gasteiger partial charge >= 0.3 is 5.97 Å². The number of halogens is 1. The molecule has 4 heteroatoms. The maximum absolute atomic E-state index is 11.1. The molecule has 2 aromatic rings. The quantitative estimate of drug-likeness (QED) is 0.856. The van der Waals surface area contributed by atoms with Crippen LogP contribution in [-0.4, -0.2) is 17.6 Å². The summed E-state index contributed by atoms with van der Waals surface area (Å²) in [6, 6.07) is 12.8. The van der Waals surface area contributed by atoms with Crippen LogP contribution in [0.5, 0.6) is 0 Å². The van der Waals surface area contributed by atoms with E-state index in [2.05, 4.69) is 5.32 Å². The molecule has 0 aromatic heterocycles. The highest BCUT2D eigenvalue weighted by Gasteiger charge is 2.08. The summed E-state index contributed by atoms with van der Waals surface area (Å²) < 4.78 is 0. The molecule has 21 heavy (non-hydrogen) atoms. The first kappa shape index (κ1) is 15.1. The smallest absolute Gasteiger partial charge is 0.336 e. The SMILES string of the molecule is Cc1c(NC/C=C/c2ccc(Cl)cc2)cccc1C(=O)O. The van der Waals surface area contributed by atoms with Crippen molar-refractivity contribution in [2.24, 2.45) is 0 Å². The summed E-state index contributed by atoms with van der Waals surface area (Å²) in [6.45, 7) is 2.42. The molecule has 0 fully saturated rings. The molecule has 0 heterocycles. The Morgan fingerprint density at radius 3 is 2.62 bits per heavy atom. The standard InChI is InChI=1S/C17H16ClNO2/c1-12-15(17(20)21)5-2-6-16(12)19-11-3-4-13-7-9-14(18)10-8-13/h2-10,19H,11H2,1H3,(H,20,21)/b4-3+. The molecule has 0 aliphatic carbocycles. The third kappa shape index (κ3) is 4.10. The fourth-order valence-corrected chi connectivity index (χ4v) is 2.12. The van der Waals surface area contributed by atoms with E-state index >= 15 is 0 Å². The van der Waals surface area contributed by atoms with Crippen LogP contribution in [0, 0.1) is 6.92 Å². The largest absolute Gasteiger partial charge is 0.478 e. The number of rotatable bonds is 5. The van der Waals surface area contributed by atoms with Crippen LogP contribution in [0.1, 0.15) is 21.5 Å². The zero-order valence-corrected chi connectivity index (χ0v) is 12.4. The van der Waals surface area contributed by atoms with Gasteiger partial charge < -0.3 is 10.4 Å². The summed E-state index contributed by atoms with van der Waals surface area (Å²) in [5, 5.41) is 13.0. The molecule has 0 atom stereocenters. The van der Waals surface area contributed by atoms with Crippen molar-refractivity contribution in [3.8, 4) is 0 Å². The van der Waals surface area contributed by atoms with Crippen LogP contribution < -0.4 is 5.32 Å². The fraction of sp³-hybridized carbons (Fsp3) is 0.118. The normalized spacial score (nSPS) is 10.8. The molecule has 108 valence electrons. The fourth-order valence-electron chi connectivity index (χ4n) is 2.00. The maximum Gasteiger partial charge on any atom is 0.336 e. The monoisotopic (exact) mass is 301 g/mol. The van der Waals surface area contributed by atoms with Gasteiger partial charge in [-0.1, -0.05) is 42.0 Å². The molecule has 0 spiro atoms. The molecule has 2 rings (SSSR count). The number of carbonyl (C=O) groups is 1. The molecule has 2 aromatic carbocycles. The van der Waals surface area contributed by atoms with Crippen LogP contribution in [0.4, 0.5) is 5.69 Å². The van der Waals surface area contributed by atoms with Crippen LogP contribution in [0.25, 0.3) is 6.08 Å². The second-order valence-corrected chi connectivity index (χ2v) is 5.05. The van der Waals surface area contributed by atoms with E-state index in [9.17, 15) is 4.79 Å². The molecule has 0 bridgehead atoms. The van der Waals surface area contributed by atoms with Crippen molar-refractivity contribution in [3.63, 3.8) is 0 Å². The number of aromatic carboxylic acids is 1. The minimum absolute atomic E-state index is 0.321. The van der Waals surface area contributed by atoms with Gasteiger partial charge in [0.2, 0.25) is 0 Å². The van der Waals surface area contributed by atoms with Crippen molar-refractivity contribution in [1.29, 1.82) is 0 Å². The van der Waals surface area contributed by atoms with E-state index in [0.29, 0.717) is 17.1 Å². The number of anilines is 1. The average molecular weight is 302 g/mol. The van der Waals surface area contributed by atoms with Crippen molar-refractivity contribution in [2.45, 2.75) is 6.92 Å². The highest BCUT2D eigenvalue weighted by atomic mass is 35.5. The molecule has 0 saturated heterocycles. The highest BCUT2D eigenvalue weighted by molar-refractivity contribution is 6.30. The van der Waals surface area contributed by atoms with Crippen molar-refractivity contribution in [3.05, 3.63) is 70.3 Å². The van der Waals surface area contributed by atoms with Gasteiger partial charge in [-0.25, -0.2) is 4.79 Å². The van der Waals surface area contributed by atoms with E-state index in [1.807, 2.05) is 42.5 Å². The number of hydrogen-bond donors (Lipinski definition) is 2. The van der Waals surface area contributed by atoms with Crippen LogP contribution in [0.3, 0.4) is 0 Å². The lowest BCUT2D eigenvalue weighted by atomic mass is 10.1. The second kappa shape index (κ2) is 6.95. The van der Waals surface area contributed by atoms with Gasteiger partial charge in [0, 0.05) is 17.3 Å². The van der Waals surface area contributed by atoms with Crippen LogP contribution in [0.2, 0.25) is 5.02 Å². The maximum atomic E-state index is 11.1. The highest BCUT2D eigenvalue weighted by Crippen LogP contribution is 2.18. The van der Waals surface area contributed by atoms with E-state index in [4.69, 9.17) is 16.7 Å². The van der Waals surface area contributed by atoms with Crippen LogP contribution >= 0.6 is 11.6 Å². The Morgan fingerprint density at radius 2 is 1.95 bits per heavy atom. The summed E-state index contributed by atoms with van der Waals surface area (Å²) in [5.74, 6) is -0.909. The van der Waals surface area contributed by atoms with Gasteiger partial charge in [-0.05, 0) is 42.3 Å². The first-order chi connectivity index (χ1) is 10.1. The second-order valence-electron chi connectivity index (χ2n) is 4.62. The van der Waals surface area contributed by atoms with Crippen molar-refractivity contribution >= 4 is 29.3 Å². The Balaban J connectivity index is 1.99. The van der Waals surface area contributed by atoms with Gasteiger partial charge in [-0.2, -0.15) is 0 Å². The zero-order valence-electron chi connectivity index (χ0n) is 11.6. The van der Waals surface area contributed by atoms with Crippen molar-refractivity contribution in [2.75, 3.05) is 11.9 Å². The lowest BCUT2D eigenvalue weighted by molar-refractivity contribution is 0.0696. The van der Waals surface area contributed by atoms with Crippen molar-refractivity contribution in [1.82, 2.24) is 0 Å². The summed E-state index contributed by atoms with van der Waals surface area (Å²) in [7, 11) is 0. The van der Waals surface area contributed by atoms with Gasteiger partial charge in [0.05, 0.1) is 5.56 Å². The third-order valence-electron chi connectivity index (χ3n) is 3.15. The van der Waals surface area contributed by atoms with Gasteiger partial charge in [-0.15, -0.1) is 0 Å². The summed E-state index contributed by atoms with van der Waals surface area (Å²) in [6.07, 6.45) is 3.97. The van der Waals surface area contributed by atoms with E-state index in [-0.39, 0.29) is 0 Å². The Morgan fingerprint density at radius 1 is 1.24 bits per heavy atom. The first-order valence-electron chi connectivity index (χ1n) is 6.57. The van der Waals surface area contributed by atoms with Crippen LogP contribution in [-0.2, 0) is 0 Å². The number of hydrogen-bond acceptors (Lipinski definition) is 2. The molecule has 0 saturated carbocycles. The summed E-state index contributed by atoms with van der Waals surface area (Å²) in [4.78, 5) is 11.1. The Labute approximate surface area is 128 Å². The summed E-state index contributed by atoms with van der Waals surface area (Å²) >= 11 is 5.83. The van der Waals surface area contributed by atoms with Gasteiger partial charge in [0.1, 0.15) is 0 Å². The first-order valence-corrected chi connectivity index (χ1v) is 6.94. The van der Waals surface area contributed by atoms with E-state index in [1.165, 1.54) is 0 Å². The van der Waals surface area contributed by atoms with Gasteiger partial charge in [-0.3, -0.25) is 0 Å². The molecule has 0 radical (unpaired) electrons. The number of carboxylic acids is 1. The average Bonchev–Trinajstić information content (AvgIpc) is 2.46. The van der Waals surface area contributed by atoms with E-state index < -0.39 is 5.97 Å². The number of nitrogens with one attached hydrogen (secondary N) is 1. The van der Waals surface area contributed by atoms with Gasteiger partial charge in [0.25, 0.3) is 0 Å². The molecule has 0 aliphatic rings. The Hall–Kier alpha value is -2.26. The molecular weight excluding hydrogens is 286 g/mol. The zero-order chi connectivity index (χ0) is 15.2. The Bertz CT molecular complexity index is 663. The summed E-state index contributed by atoms with van der Waals surface area (Å²) in [5.41, 5.74) is 2.96. The van der Waals surface area contributed by atoms with Crippen molar-refractivity contribution < 1.29 is 9.90 Å². The molecule has 3 nitrogen and oxygen atoms in total. The predicted molar refractivity (Wildman–Crippen MR) is 87.1 cm³/mol. The molecular formula is C17H16ClNO2.